The average molecular weight is 495 g/mol. The largest absolute Gasteiger partial charge is 0.348 e. The molecule has 4 rings (SSSR count). The molecule has 1 amide bonds. The van der Waals surface area contributed by atoms with Gasteiger partial charge in [-0.1, -0.05) is 40.9 Å². The topological polar surface area (TPSA) is 79.9 Å². The first-order chi connectivity index (χ1) is 16.2. The predicted molar refractivity (Wildman–Crippen MR) is 134 cm³/mol. The van der Waals surface area contributed by atoms with Gasteiger partial charge >= 0.3 is 0 Å². The molecule has 1 aliphatic carbocycles. The molecule has 0 saturated heterocycles. The highest BCUT2D eigenvalue weighted by atomic mass is 35.5. The lowest BCUT2D eigenvalue weighted by molar-refractivity contribution is -0.114. The highest BCUT2D eigenvalue weighted by Gasteiger charge is 2.16. The lowest BCUT2D eigenvalue weighted by Crippen LogP contribution is -2.24. The van der Waals surface area contributed by atoms with Crippen molar-refractivity contribution in [3.05, 3.63) is 104 Å². The number of nitrogens with one attached hydrogen (secondary N) is 2. The predicted octanol–water partition coefficient (Wildman–Crippen LogP) is 4.89. The minimum absolute atomic E-state index is 0.0654. The Morgan fingerprint density at radius 2 is 1.85 bits per heavy atom. The second kappa shape index (κ2) is 9.87. The van der Waals surface area contributed by atoms with Gasteiger partial charge in [-0.05, 0) is 65.6 Å². The number of imidazole rings is 1. The molecule has 0 bridgehead atoms. The highest BCUT2D eigenvalue weighted by molar-refractivity contribution is 6.42. The zero-order chi connectivity index (χ0) is 24.4. The van der Waals surface area contributed by atoms with Crippen LogP contribution in [0.3, 0.4) is 0 Å². The molecule has 1 aromatic heterocycles. The van der Waals surface area contributed by atoms with E-state index in [4.69, 9.17) is 28.6 Å². The van der Waals surface area contributed by atoms with Crippen molar-refractivity contribution in [3.8, 4) is 0 Å². The Labute approximate surface area is 207 Å². The number of hydrogen-bond donors (Lipinski definition) is 2. The van der Waals surface area contributed by atoms with Crippen molar-refractivity contribution in [2.75, 3.05) is 0 Å². The van der Waals surface area contributed by atoms with Gasteiger partial charge in [-0.3, -0.25) is 15.0 Å². The maximum absolute atomic E-state index is 13.1. The summed E-state index contributed by atoms with van der Waals surface area (Å²) >= 11 is 12.1. The van der Waals surface area contributed by atoms with E-state index in [1.54, 1.807) is 27.3 Å². The Hall–Kier alpha value is -3.35. The van der Waals surface area contributed by atoms with Crippen LogP contribution >= 0.6 is 23.2 Å². The number of allylic oxidation sites excluding steroid dienone is 4. The number of rotatable bonds is 6. The quantitative estimate of drug-likeness (QED) is 0.511. The Morgan fingerprint density at radius 3 is 2.53 bits per heavy atom. The lowest BCUT2D eigenvalue weighted by atomic mass is 9.90. The fourth-order valence-corrected chi connectivity index (χ4v) is 4.25. The zero-order valence-corrected chi connectivity index (χ0v) is 20.4. The van der Waals surface area contributed by atoms with Crippen LogP contribution < -0.4 is 10.9 Å². The van der Waals surface area contributed by atoms with Gasteiger partial charge in [0.2, 0.25) is 5.62 Å². The molecule has 8 heteroatoms. The minimum atomic E-state index is -0.229. The van der Waals surface area contributed by atoms with E-state index in [0.29, 0.717) is 40.7 Å². The molecule has 0 spiro atoms. The fraction of sp³-hybridized carbons (Fsp3) is 0.192. The molecule has 0 saturated carbocycles. The highest BCUT2D eigenvalue weighted by Crippen LogP contribution is 2.28. The van der Waals surface area contributed by atoms with E-state index in [1.807, 2.05) is 56.7 Å². The van der Waals surface area contributed by atoms with Crippen LogP contribution in [0.2, 0.25) is 10.0 Å². The summed E-state index contributed by atoms with van der Waals surface area (Å²) < 4.78 is 3.52. The number of amides is 1. The molecular formula is C26H24Cl2N4O2. The van der Waals surface area contributed by atoms with Crippen molar-refractivity contribution in [1.82, 2.24) is 14.5 Å². The third-order valence-electron chi connectivity index (χ3n) is 5.77. The van der Waals surface area contributed by atoms with Gasteiger partial charge in [-0.25, -0.2) is 0 Å². The first kappa shape index (κ1) is 23.8. The average Bonchev–Trinajstić information content (AvgIpc) is 3.11. The second-order valence-electron chi connectivity index (χ2n) is 8.38. The van der Waals surface area contributed by atoms with Crippen LogP contribution in [-0.2, 0) is 24.9 Å². The molecule has 2 aromatic carbocycles. The number of hydrogen-bond acceptors (Lipinski definition) is 3. The SMILES string of the molecule is CC1=C(c2cc(Cn3ccn(C)c3=N)cc(C(=O)NCc3ccc(Cl)c(Cl)c3)c2)C=CC(=O)C1. The molecule has 34 heavy (non-hydrogen) atoms. The molecule has 6 nitrogen and oxygen atoms in total. The van der Waals surface area contributed by atoms with Gasteiger partial charge in [0.05, 0.1) is 16.6 Å². The number of halogens is 2. The number of ketones is 1. The van der Waals surface area contributed by atoms with E-state index < -0.39 is 0 Å². The summed E-state index contributed by atoms with van der Waals surface area (Å²) in [6, 6.07) is 10.9. The van der Waals surface area contributed by atoms with E-state index in [0.717, 1.165) is 27.8 Å². The van der Waals surface area contributed by atoms with Gasteiger partial charge in [-0.2, -0.15) is 0 Å². The summed E-state index contributed by atoms with van der Waals surface area (Å²) in [4.78, 5) is 24.9. The summed E-state index contributed by atoms with van der Waals surface area (Å²) in [5.74, 6) is -0.164. The van der Waals surface area contributed by atoms with Crippen LogP contribution in [0, 0.1) is 5.41 Å². The van der Waals surface area contributed by atoms with Gasteiger partial charge in [0.25, 0.3) is 5.91 Å². The summed E-state index contributed by atoms with van der Waals surface area (Å²) in [5, 5.41) is 12.1. The Bertz CT molecular complexity index is 1410. The molecule has 0 atom stereocenters. The minimum Gasteiger partial charge on any atom is -0.348 e. The van der Waals surface area contributed by atoms with Crippen molar-refractivity contribution < 1.29 is 9.59 Å². The molecule has 1 aliphatic rings. The second-order valence-corrected chi connectivity index (χ2v) is 9.20. The monoisotopic (exact) mass is 494 g/mol. The Kier molecular flexibility index (Phi) is 6.91. The normalized spacial score (nSPS) is 13.5. The van der Waals surface area contributed by atoms with E-state index in [-0.39, 0.29) is 11.7 Å². The van der Waals surface area contributed by atoms with E-state index >= 15 is 0 Å². The molecule has 0 fully saturated rings. The van der Waals surface area contributed by atoms with Crippen LogP contribution in [0.1, 0.15) is 40.4 Å². The molecule has 1 heterocycles. The van der Waals surface area contributed by atoms with Crippen molar-refractivity contribution in [2.24, 2.45) is 7.05 Å². The summed E-state index contributed by atoms with van der Waals surface area (Å²) in [5.41, 5.74) is 5.33. The van der Waals surface area contributed by atoms with E-state index in [2.05, 4.69) is 5.32 Å². The fourth-order valence-electron chi connectivity index (χ4n) is 3.93. The molecular weight excluding hydrogens is 471 g/mol. The van der Waals surface area contributed by atoms with Crippen LogP contribution in [0.15, 0.2) is 66.5 Å². The first-order valence-electron chi connectivity index (χ1n) is 10.7. The van der Waals surface area contributed by atoms with Gasteiger partial charge in [0, 0.05) is 38.0 Å². The van der Waals surface area contributed by atoms with Crippen molar-refractivity contribution >= 4 is 40.5 Å². The number of nitrogens with zero attached hydrogens (tertiary/aromatic N) is 2. The Balaban J connectivity index is 1.66. The zero-order valence-electron chi connectivity index (χ0n) is 18.9. The van der Waals surface area contributed by atoms with Crippen LogP contribution in [0.4, 0.5) is 0 Å². The Morgan fingerprint density at radius 1 is 1.06 bits per heavy atom. The smallest absolute Gasteiger partial charge is 0.251 e. The van der Waals surface area contributed by atoms with Gasteiger partial charge in [-0.15, -0.1) is 0 Å². The third-order valence-corrected chi connectivity index (χ3v) is 6.51. The molecule has 0 radical (unpaired) electrons. The maximum atomic E-state index is 13.1. The number of carbonyl (C=O) groups excluding carboxylic acids is 2. The summed E-state index contributed by atoms with van der Waals surface area (Å²) in [6.07, 6.45) is 7.40. The van der Waals surface area contributed by atoms with Crippen molar-refractivity contribution in [3.63, 3.8) is 0 Å². The number of aryl methyl sites for hydroxylation is 1. The van der Waals surface area contributed by atoms with Crippen LogP contribution in [0.25, 0.3) is 5.57 Å². The summed E-state index contributed by atoms with van der Waals surface area (Å²) in [6.45, 7) is 2.67. The van der Waals surface area contributed by atoms with Crippen LogP contribution in [-0.4, -0.2) is 20.8 Å². The summed E-state index contributed by atoms with van der Waals surface area (Å²) in [7, 11) is 1.81. The number of carbonyl (C=O) groups is 2. The lowest BCUT2D eigenvalue weighted by Gasteiger charge is -2.16. The molecule has 2 N–H and O–H groups in total. The van der Waals surface area contributed by atoms with Crippen molar-refractivity contribution in [2.45, 2.75) is 26.4 Å². The standard InChI is InChI=1S/C26H24Cl2N4O2/c1-16-9-21(33)4-5-22(16)19-10-18(15-32-8-7-31(2)26(32)29)11-20(13-19)25(34)30-14-17-3-6-23(27)24(28)12-17/h3-8,10-13,29H,9,14-15H2,1-2H3,(H,30,34). The van der Waals surface area contributed by atoms with Gasteiger partial charge < -0.3 is 14.5 Å². The van der Waals surface area contributed by atoms with Gasteiger partial charge in [0.15, 0.2) is 5.78 Å². The van der Waals surface area contributed by atoms with Crippen molar-refractivity contribution in [1.29, 1.82) is 5.41 Å². The van der Waals surface area contributed by atoms with E-state index in [9.17, 15) is 9.59 Å². The first-order valence-corrected chi connectivity index (χ1v) is 11.5. The maximum Gasteiger partial charge on any atom is 0.251 e. The molecule has 174 valence electrons. The molecule has 0 aliphatic heterocycles. The number of benzene rings is 2. The van der Waals surface area contributed by atoms with Gasteiger partial charge in [0.1, 0.15) is 0 Å². The molecule has 0 unspecified atom stereocenters. The molecule has 3 aromatic rings. The third kappa shape index (κ3) is 5.24. The van der Waals surface area contributed by atoms with Crippen LogP contribution in [0.5, 0.6) is 0 Å². The van der Waals surface area contributed by atoms with E-state index in [1.165, 1.54) is 0 Å². The number of aromatic nitrogens is 2.